The molecule has 3 aliphatic rings. The van der Waals surface area contributed by atoms with E-state index in [4.69, 9.17) is 0 Å². The topological polar surface area (TPSA) is 61.4 Å². The predicted octanol–water partition coefficient (Wildman–Crippen LogP) is 0.0688. The van der Waals surface area contributed by atoms with E-state index in [0.717, 1.165) is 25.8 Å². The highest BCUT2D eigenvalue weighted by Gasteiger charge is 2.60. The zero-order valence-electron chi connectivity index (χ0n) is 9.45. The minimum absolute atomic E-state index is 0.00352. The second kappa shape index (κ2) is 3.20. The first kappa shape index (κ1) is 10.1. The van der Waals surface area contributed by atoms with Crippen molar-refractivity contribution in [2.45, 2.75) is 37.8 Å². The lowest BCUT2D eigenvalue weighted by molar-refractivity contribution is -0.137. The maximum absolute atomic E-state index is 12.3. The molecule has 0 aromatic heterocycles. The van der Waals surface area contributed by atoms with Crippen LogP contribution in [-0.4, -0.2) is 41.5 Å². The smallest absolute Gasteiger partial charge is 0.323 e. The summed E-state index contributed by atoms with van der Waals surface area (Å²) in [6, 6.07) is 0.217. The maximum atomic E-state index is 12.3. The van der Waals surface area contributed by atoms with Crippen molar-refractivity contribution in [3.63, 3.8) is 0 Å². The molecule has 5 nitrogen and oxygen atoms in total. The molecule has 2 aliphatic heterocycles. The highest BCUT2D eigenvalue weighted by atomic mass is 16.2. The van der Waals surface area contributed by atoms with Crippen LogP contribution in [-0.2, 0) is 4.79 Å². The summed E-state index contributed by atoms with van der Waals surface area (Å²) in [5.41, 5.74) is -0.582. The molecular formula is C11H17N3O2. The number of imide groups is 1. The van der Waals surface area contributed by atoms with Gasteiger partial charge < -0.3 is 10.6 Å². The molecule has 2 heterocycles. The lowest BCUT2D eigenvalue weighted by atomic mass is 9.63. The van der Waals surface area contributed by atoms with Gasteiger partial charge >= 0.3 is 6.03 Å². The van der Waals surface area contributed by atoms with Crippen molar-refractivity contribution < 1.29 is 9.59 Å². The fourth-order valence-corrected chi connectivity index (χ4v) is 3.33. The van der Waals surface area contributed by atoms with Crippen LogP contribution in [0.15, 0.2) is 0 Å². The minimum Gasteiger partial charge on any atom is -0.323 e. The number of likely N-dealkylation sites (N-methyl/N-ethyl adjacent to an activating group) is 1. The van der Waals surface area contributed by atoms with E-state index in [2.05, 4.69) is 10.6 Å². The van der Waals surface area contributed by atoms with Crippen LogP contribution in [0.3, 0.4) is 0 Å². The van der Waals surface area contributed by atoms with Gasteiger partial charge in [-0.3, -0.25) is 9.69 Å². The molecular weight excluding hydrogens is 206 g/mol. The molecule has 0 aromatic rings. The molecule has 88 valence electrons. The SMILES string of the molecule is CCN1C(=O)NC2(CCNC3CCC32)C1=O. The molecule has 3 unspecified atom stereocenters. The highest BCUT2D eigenvalue weighted by Crippen LogP contribution is 2.44. The van der Waals surface area contributed by atoms with Gasteiger partial charge in [0.05, 0.1) is 0 Å². The fraction of sp³-hybridized carbons (Fsp3) is 0.818. The molecule has 2 saturated heterocycles. The molecule has 1 saturated carbocycles. The van der Waals surface area contributed by atoms with Crippen molar-refractivity contribution in [3.05, 3.63) is 0 Å². The Balaban J connectivity index is 1.93. The number of hydrogen-bond acceptors (Lipinski definition) is 3. The summed E-state index contributed by atoms with van der Waals surface area (Å²) in [4.78, 5) is 25.4. The van der Waals surface area contributed by atoms with Crippen LogP contribution in [0, 0.1) is 5.92 Å². The van der Waals surface area contributed by atoms with Gasteiger partial charge in [-0.2, -0.15) is 0 Å². The van der Waals surface area contributed by atoms with Gasteiger partial charge in [0.25, 0.3) is 5.91 Å². The van der Waals surface area contributed by atoms with Crippen LogP contribution in [0.25, 0.3) is 0 Å². The van der Waals surface area contributed by atoms with Gasteiger partial charge in [0, 0.05) is 18.5 Å². The summed E-state index contributed by atoms with van der Waals surface area (Å²) in [6.45, 7) is 3.14. The quantitative estimate of drug-likeness (QED) is 0.618. The Hall–Kier alpha value is -1.10. The zero-order valence-corrected chi connectivity index (χ0v) is 9.45. The van der Waals surface area contributed by atoms with Gasteiger partial charge in [-0.1, -0.05) is 0 Å². The van der Waals surface area contributed by atoms with E-state index in [1.54, 1.807) is 0 Å². The molecule has 2 N–H and O–H groups in total. The average molecular weight is 223 g/mol. The Labute approximate surface area is 94.6 Å². The molecule has 3 rings (SSSR count). The lowest BCUT2D eigenvalue weighted by Gasteiger charge is -2.51. The first-order valence-corrected chi connectivity index (χ1v) is 6.06. The molecule has 0 aromatic carbocycles. The predicted molar refractivity (Wildman–Crippen MR) is 57.8 cm³/mol. The van der Waals surface area contributed by atoms with Crippen LogP contribution in [0.2, 0.25) is 0 Å². The van der Waals surface area contributed by atoms with Crippen molar-refractivity contribution in [2.75, 3.05) is 13.1 Å². The molecule has 16 heavy (non-hydrogen) atoms. The number of amides is 3. The number of rotatable bonds is 1. The fourth-order valence-electron chi connectivity index (χ4n) is 3.33. The van der Waals surface area contributed by atoms with Gasteiger partial charge in [0.2, 0.25) is 0 Å². The molecule has 5 heteroatoms. The Kier molecular flexibility index (Phi) is 2.01. The highest BCUT2D eigenvalue weighted by molar-refractivity contribution is 6.07. The Morgan fingerprint density at radius 1 is 1.44 bits per heavy atom. The molecule has 3 fully saturated rings. The van der Waals surface area contributed by atoms with Gasteiger partial charge in [-0.05, 0) is 32.7 Å². The second-order valence-corrected chi connectivity index (χ2v) is 4.95. The molecule has 3 atom stereocenters. The van der Waals surface area contributed by atoms with Crippen LogP contribution in [0.1, 0.15) is 26.2 Å². The van der Waals surface area contributed by atoms with Gasteiger partial charge in [-0.15, -0.1) is 0 Å². The van der Waals surface area contributed by atoms with E-state index in [9.17, 15) is 9.59 Å². The number of nitrogens with zero attached hydrogens (tertiary/aromatic N) is 1. The largest absolute Gasteiger partial charge is 0.325 e. The number of piperidine rings is 1. The number of carbonyl (C=O) groups is 2. The summed E-state index contributed by atoms with van der Waals surface area (Å²) >= 11 is 0. The third kappa shape index (κ3) is 1.04. The minimum atomic E-state index is -0.582. The summed E-state index contributed by atoms with van der Waals surface area (Å²) in [6.07, 6.45) is 2.90. The summed E-state index contributed by atoms with van der Waals surface area (Å²) in [7, 11) is 0. The summed E-state index contributed by atoms with van der Waals surface area (Å²) < 4.78 is 0. The van der Waals surface area contributed by atoms with E-state index in [1.165, 1.54) is 4.90 Å². The van der Waals surface area contributed by atoms with Crippen LogP contribution in [0.4, 0.5) is 4.79 Å². The number of fused-ring (bicyclic) bond motifs is 2. The van der Waals surface area contributed by atoms with Gasteiger partial charge in [0.1, 0.15) is 5.54 Å². The summed E-state index contributed by atoms with van der Waals surface area (Å²) in [5.74, 6) is 0.297. The van der Waals surface area contributed by atoms with E-state index in [1.807, 2.05) is 6.92 Å². The standard InChI is InChI=1S/C11H17N3O2/c1-2-14-9(15)11(13-10(14)16)5-6-12-8-4-3-7(8)11/h7-8,12H,2-6H2,1H3,(H,13,16). The van der Waals surface area contributed by atoms with Crippen molar-refractivity contribution >= 4 is 11.9 Å². The van der Waals surface area contributed by atoms with Crippen LogP contribution >= 0.6 is 0 Å². The number of nitrogens with one attached hydrogen (secondary N) is 2. The second-order valence-electron chi connectivity index (χ2n) is 4.95. The van der Waals surface area contributed by atoms with Crippen molar-refractivity contribution in [3.8, 4) is 0 Å². The lowest BCUT2D eigenvalue weighted by Crippen LogP contribution is -2.68. The maximum Gasteiger partial charge on any atom is 0.325 e. The van der Waals surface area contributed by atoms with Gasteiger partial charge in [-0.25, -0.2) is 4.79 Å². The van der Waals surface area contributed by atoms with Crippen LogP contribution in [0.5, 0.6) is 0 Å². The normalized spacial score (nSPS) is 41.9. The van der Waals surface area contributed by atoms with E-state index in [-0.39, 0.29) is 11.9 Å². The number of hydrogen-bond donors (Lipinski definition) is 2. The molecule has 0 radical (unpaired) electrons. The van der Waals surface area contributed by atoms with Crippen molar-refractivity contribution in [2.24, 2.45) is 5.92 Å². The van der Waals surface area contributed by atoms with Crippen molar-refractivity contribution in [1.82, 2.24) is 15.5 Å². The first-order valence-electron chi connectivity index (χ1n) is 6.06. The molecule has 3 amide bonds. The molecule has 0 bridgehead atoms. The van der Waals surface area contributed by atoms with Crippen LogP contribution < -0.4 is 10.6 Å². The first-order chi connectivity index (χ1) is 7.69. The third-order valence-corrected chi connectivity index (χ3v) is 4.35. The monoisotopic (exact) mass is 223 g/mol. The van der Waals surface area contributed by atoms with E-state index >= 15 is 0 Å². The number of carbonyl (C=O) groups excluding carboxylic acids is 2. The Bertz CT molecular complexity index is 357. The zero-order chi connectivity index (χ0) is 11.3. The average Bonchev–Trinajstić information content (AvgIpc) is 2.43. The van der Waals surface area contributed by atoms with E-state index < -0.39 is 5.54 Å². The number of urea groups is 1. The Morgan fingerprint density at radius 2 is 2.25 bits per heavy atom. The molecule has 1 aliphatic carbocycles. The van der Waals surface area contributed by atoms with Crippen molar-refractivity contribution in [1.29, 1.82) is 0 Å². The Morgan fingerprint density at radius 3 is 2.81 bits per heavy atom. The van der Waals surface area contributed by atoms with E-state index in [0.29, 0.717) is 18.5 Å². The van der Waals surface area contributed by atoms with Gasteiger partial charge in [0.15, 0.2) is 0 Å². The molecule has 1 spiro atoms. The summed E-state index contributed by atoms with van der Waals surface area (Å²) in [5, 5.41) is 6.36. The third-order valence-electron chi connectivity index (χ3n) is 4.35.